The first-order chi connectivity index (χ1) is 16.0. The SMILES string of the molecule is COCCCN1C(=O)C(O)=C(C(=O)c2cc3ccccc3o2)C1c1cn(C)c2ccccc12. The molecule has 0 radical (unpaired) electrons. The average Bonchev–Trinajstić information content (AvgIpc) is 3.47. The maximum absolute atomic E-state index is 13.7. The van der Waals surface area contributed by atoms with Crippen LogP contribution in [-0.2, 0) is 16.6 Å². The molecule has 1 unspecified atom stereocenters. The number of aryl methyl sites for hydroxylation is 1. The Kier molecular flexibility index (Phi) is 5.26. The minimum Gasteiger partial charge on any atom is -0.503 e. The molecule has 4 aromatic rings. The van der Waals surface area contributed by atoms with Crippen molar-refractivity contribution in [1.29, 1.82) is 0 Å². The van der Waals surface area contributed by atoms with Gasteiger partial charge in [-0.1, -0.05) is 36.4 Å². The van der Waals surface area contributed by atoms with E-state index in [0.29, 0.717) is 25.2 Å². The first-order valence-corrected chi connectivity index (χ1v) is 10.8. The van der Waals surface area contributed by atoms with E-state index in [1.54, 1.807) is 24.1 Å². The van der Waals surface area contributed by atoms with Gasteiger partial charge in [0, 0.05) is 55.4 Å². The number of fused-ring (bicyclic) bond motifs is 2. The minimum atomic E-state index is -0.735. The third-order valence-corrected chi connectivity index (χ3v) is 6.17. The summed E-state index contributed by atoms with van der Waals surface area (Å²) in [5.41, 5.74) is 2.36. The van der Waals surface area contributed by atoms with Gasteiger partial charge in [0.25, 0.3) is 5.91 Å². The molecule has 1 aliphatic heterocycles. The molecule has 2 aromatic carbocycles. The second-order valence-electron chi connectivity index (χ2n) is 8.20. The molecule has 1 N–H and O–H groups in total. The highest BCUT2D eigenvalue weighted by Crippen LogP contribution is 2.42. The molecule has 0 saturated carbocycles. The summed E-state index contributed by atoms with van der Waals surface area (Å²) in [6.07, 6.45) is 2.49. The number of aliphatic hydroxyl groups is 1. The Morgan fingerprint density at radius 3 is 2.70 bits per heavy atom. The zero-order valence-corrected chi connectivity index (χ0v) is 18.4. The number of carbonyl (C=O) groups excluding carboxylic acids is 2. The van der Waals surface area contributed by atoms with E-state index in [1.807, 2.05) is 60.3 Å². The molecule has 1 atom stereocenters. The minimum absolute atomic E-state index is 0.0350. The van der Waals surface area contributed by atoms with Gasteiger partial charge in [-0.05, 0) is 24.6 Å². The Morgan fingerprint density at radius 2 is 1.91 bits per heavy atom. The molecule has 5 rings (SSSR count). The van der Waals surface area contributed by atoms with Crippen molar-refractivity contribution >= 4 is 33.6 Å². The van der Waals surface area contributed by atoms with Crippen LogP contribution in [0.5, 0.6) is 0 Å². The van der Waals surface area contributed by atoms with Crippen molar-refractivity contribution in [2.24, 2.45) is 7.05 Å². The van der Waals surface area contributed by atoms with Crippen LogP contribution in [0.3, 0.4) is 0 Å². The van der Waals surface area contributed by atoms with Crippen molar-refractivity contribution in [3.05, 3.63) is 83.5 Å². The van der Waals surface area contributed by atoms with E-state index in [9.17, 15) is 14.7 Å². The number of aliphatic hydroxyl groups excluding tert-OH is 1. The molecule has 0 fully saturated rings. The summed E-state index contributed by atoms with van der Waals surface area (Å²) in [4.78, 5) is 28.3. The van der Waals surface area contributed by atoms with Gasteiger partial charge in [-0.3, -0.25) is 9.59 Å². The van der Waals surface area contributed by atoms with Crippen molar-refractivity contribution in [3.8, 4) is 0 Å². The van der Waals surface area contributed by atoms with Crippen molar-refractivity contribution in [2.45, 2.75) is 12.5 Å². The molecule has 7 nitrogen and oxygen atoms in total. The molecule has 0 spiro atoms. The lowest BCUT2D eigenvalue weighted by Gasteiger charge is -2.26. The van der Waals surface area contributed by atoms with Crippen LogP contribution in [0.1, 0.15) is 28.6 Å². The number of ether oxygens (including phenoxy) is 1. The number of hydrogen-bond acceptors (Lipinski definition) is 5. The zero-order valence-electron chi connectivity index (χ0n) is 18.4. The third-order valence-electron chi connectivity index (χ3n) is 6.17. The monoisotopic (exact) mass is 444 g/mol. The molecule has 2 aromatic heterocycles. The van der Waals surface area contributed by atoms with Crippen LogP contribution in [0.4, 0.5) is 0 Å². The van der Waals surface area contributed by atoms with Crippen molar-refractivity contribution in [1.82, 2.24) is 9.47 Å². The standard InChI is InChI=1S/C26H24N2O5/c1-27-15-18(17-9-4-5-10-19(17)27)23-22(25(30)26(31)28(23)12-7-13-32-2)24(29)21-14-16-8-3-6-11-20(16)33-21/h3-6,8-11,14-15,23,30H,7,12-13H2,1-2H3. The molecular formula is C26H24N2O5. The summed E-state index contributed by atoms with van der Waals surface area (Å²) in [7, 11) is 3.52. The molecule has 1 aliphatic rings. The summed E-state index contributed by atoms with van der Waals surface area (Å²) < 4.78 is 12.9. The molecule has 0 aliphatic carbocycles. The Hall–Kier alpha value is -3.84. The number of benzene rings is 2. The van der Waals surface area contributed by atoms with E-state index >= 15 is 0 Å². The molecule has 1 amide bonds. The molecular weight excluding hydrogens is 420 g/mol. The lowest BCUT2D eigenvalue weighted by Crippen LogP contribution is -2.32. The quantitative estimate of drug-likeness (QED) is 0.334. The molecule has 0 bridgehead atoms. The van der Waals surface area contributed by atoms with Gasteiger partial charge in [-0.25, -0.2) is 0 Å². The van der Waals surface area contributed by atoms with E-state index in [1.165, 1.54) is 0 Å². The average molecular weight is 444 g/mol. The fourth-order valence-corrected chi connectivity index (χ4v) is 4.64. The zero-order chi connectivity index (χ0) is 23.1. The highest BCUT2D eigenvalue weighted by Gasteiger charge is 2.45. The second kappa shape index (κ2) is 8.26. The number of Topliss-reactive ketones (excluding diaryl/α,β-unsaturated/α-hetero) is 1. The van der Waals surface area contributed by atoms with Crippen LogP contribution >= 0.6 is 0 Å². The topological polar surface area (TPSA) is 84.9 Å². The van der Waals surface area contributed by atoms with Gasteiger partial charge in [-0.15, -0.1) is 0 Å². The summed E-state index contributed by atoms with van der Waals surface area (Å²) in [6.45, 7) is 0.793. The number of amides is 1. The van der Waals surface area contributed by atoms with Crippen LogP contribution < -0.4 is 0 Å². The molecule has 3 heterocycles. The van der Waals surface area contributed by atoms with Gasteiger partial charge in [0.05, 0.1) is 11.6 Å². The van der Waals surface area contributed by atoms with Crippen LogP contribution in [0.25, 0.3) is 21.9 Å². The van der Waals surface area contributed by atoms with Crippen LogP contribution in [0, 0.1) is 0 Å². The first-order valence-electron chi connectivity index (χ1n) is 10.8. The number of aromatic nitrogens is 1. The van der Waals surface area contributed by atoms with Gasteiger partial charge >= 0.3 is 0 Å². The highest BCUT2D eigenvalue weighted by molar-refractivity contribution is 6.16. The van der Waals surface area contributed by atoms with Gasteiger partial charge in [0.1, 0.15) is 5.58 Å². The number of methoxy groups -OCH3 is 1. The van der Waals surface area contributed by atoms with Gasteiger partial charge in [-0.2, -0.15) is 0 Å². The van der Waals surface area contributed by atoms with E-state index in [2.05, 4.69) is 0 Å². The van der Waals surface area contributed by atoms with E-state index in [0.717, 1.165) is 21.9 Å². The molecule has 168 valence electrons. The highest BCUT2D eigenvalue weighted by atomic mass is 16.5. The molecule has 0 saturated heterocycles. The normalized spacial score (nSPS) is 16.5. The van der Waals surface area contributed by atoms with Crippen LogP contribution in [0.15, 0.2) is 76.5 Å². The largest absolute Gasteiger partial charge is 0.503 e. The first kappa shape index (κ1) is 21.0. The number of para-hydroxylation sites is 2. The van der Waals surface area contributed by atoms with E-state index in [4.69, 9.17) is 9.15 Å². The Balaban J connectivity index is 1.65. The lowest BCUT2D eigenvalue weighted by molar-refractivity contribution is -0.129. The number of ketones is 1. The van der Waals surface area contributed by atoms with Crippen molar-refractivity contribution in [2.75, 3.05) is 20.3 Å². The summed E-state index contributed by atoms with van der Waals surface area (Å²) in [5.74, 6) is -1.50. The number of hydrogen-bond donors (Lipinski definition) is 1. The number of nitrogens with zero attached hydrogens (tertiary/aromatic N) is 2. The van der Waals surface area contributed by atoms with Gasteiger partial charge in [0.2, 0.25) is 5.78 Å². The Bertz CT molecular complexity index is 1380. The Labute approximate surface area is 190 Å². The van der Waals surface area contributed by atoms with Gasteiger partial charge in [0.15, 0.2) is 11.5 Å². The predicted molar refractivity (Wildman–Crippen MR) is 124 cm³/mol. The predicted octanol–water partition coefficient (Wildman–Crippen LogP) is 4.54. The fourth-order valence-electron chi connectivity index (χ4n) is 4.64. The summed E-state index contributed by atoms with van der Waals surface area (Å²) >= 11 is 0. The number of rotatable bonds is 7. The smallest absolute Gasteiger partial charge is 0.290 e. The van der Waals surface area contributed by atoms with Crippen molar-refractivity contribution < 1.29 is 23.8 Å². The van der Waals surface area contributed by atoms with E-state index < -0.39 is 23.5 Å². The van der Waals surface area contributed by atoms with Gasteiger partial charge < -0.3 is 23.7 Å². The fraction of sp³-hybridized carbons (Fsp3) is 0.231. The maximum atomic E-state index is 13.7. The molecule has 7 heteroatoms. The number of furan rings is 1. The number of carbonyl (C=O) groups is 2. The maximum Gasteiger partial charge on any atom is 0.290 e. The summed E-state index contributed by atoms with van der Waals surface area (Å²) in [6, 6.07) is 16.0. The second-order valence-corrected chi connectivity index (χ2v) is 8.20. The molecule has 33 heavy (non-hydrogen) atoms. The summed E-state index contributed by atoms with van der Waals surface area (Å²) in [5, 5.41) is 12.6. The third kappa shape index (κ3) is 3.41. The Morgan fingerprint density at radius 1 is 1.15 bits per heavy atom. The van der Waals surface area contributed by atoms with Crippen molar-refractivity contribution in [3.63, 3.8) is 0 Å². The van der Waals surface area contributed by atoms with E-state index in [-0.39, 0.29) is 11.3 Å². The van der Waals surface area contributed by atoms with Crippen LogP contribution in [-0.4, -0.2) is 46.5 Å². The van der Waals surface area contributed by atoms with Crippen LogP contribution in [0.2, 0.25) is 0 Å². The lowest BCUT2D eigenvalue weighted by atomic mass is 9.94.